The maximum Gasteiger partial charge on any atom is 0.220 e. The van der Waals surface area contributed by atoms with Crippen LogP contribution in [0, 0.1) is 5.92 Å². The molecule has 0 saturated heterocycles. The number of nitrogens with zero attached hydrogens (tertiary/aromatic N) is 1. The van der Waals surface area contributed by atoms with Crippen molar-refractivity contribution in [3.8, 4) is 11.5 Å². The molecule has 29 heavy (non-hydrogen) atoms. The third-order valence-electron chi connectivity index (χ3n) is 4.89. The fourth-order valence-electron chi connectivity index (χ4n) is 3.45. The van der Waals surface area contributed by atoms with Gasteiger partial charge in [0.2, 0.25) is 5.91 Å². The second-order valence-corrected chi connectivity index (χ2v) is 7.01. The van der Waals surface area contributed by atoms with Crippen LogP contribution in [-0.4, -0.2) is 45.7 Å². The van der Waals surface area contributed by atoms with Crippen molar-refractivity contribution in [3.63, 3.8) is 0 Å². The minimum Gasteiger partial charge on any atom is -0.493 e. The first-order valence-corrected chi connectivity index (χ1v) is 10.2. The van der Waals surface area contributed by atoms with E-state index in [1.54, 1.807) is 14.2 Å². The lowest BCUT2D eigenvalue weighted by Crippen LogP contribution is -2.33. The van der Waals surface area contributed by atoms with Crippen LogP contribution in [0.15, 0.2) is 23.2 Å². The van der Waals surface area contributed by atoms with Gasteiger partial charge >= 0.3 is 0 Å². The lowest BCUT2D eigenvalue weighted by atomic mass is 9.87. The molecule has 1 aliphatic rings. The van der Waals surface area contributed by atoms with Gasteiger partial charge in [-0.25, -0.2) is 0 Å². The van der Waals surface area contributed by atoms with Gasteiger partial charge in [0, 0.05) is 31.3 Å². The highest BCUT2D eigenvalue weighted by Crippen LogP contribution is 2.29. The molecule has 8 heteroatoms. The Hall–Kier alpha value is -1.71. The summed E-state index contributed by atoms with van der Waals surface area (Å²) in [4.78, 5) is 16.6. The molecule has 3 N–H and O–H groups in total. The minimum atomic E-state index is 0. The van der Waals surface area contributed by atoms with Gasteiger partial charge in [-0.05, 0) is 37.8 Å². The van der Waals surface area contributed by atoms with Crippen LogP contribution < -0.4 is 25.4 Å². The highest BCUT2D eigenvalue weighted by molar-refractivity contribution is 14.0. The number of methoxy groups -OCH3 is 2. The van der Waals surface area contributed by atoms with Crippen LogP contribution in [0.1, 0.15) is 45.4 Å². The monoisotopic (exact) mass is 518 g/mol. The van der Waals surface area contributed by atoms with E-state index in [9.17, 15) is 4.79 Å². The maximum atomic E-state index is 12.1. The molecular formula is C21H35IN4O3. The summed E-state index contributed by atoms with van der Waals surface area (Å²) in [7, 11) is 3.22. The maximum absolute atomic E-state index is 12.1. The van der Waals surface area contributed by atoms with E-state index in [4.69, 9.17) is 9.47 Å². The smallest absolute Gasteiger partial charge is 0.220 e. The third kappa shape index (κ3) is 9.10. The second-order valence-electron chi connectivity index (χ2n) is 7.01. The van der Waals surface area contributed by atoms with E-state index in [1.807, 2.05) is 25.1 Å². The number of hydrogen-bond donors (Lipinski definition) is 3. The van der Waals surface area contributed by atoms with Crippen molar-refractivity contribution in [1.29, 1.82) is 0 Å². The first kappa shape index (κ1) is 25.3. The third-order valence-corrected chi connectivity index (χ3v) is 4.89. The average Bonchev–Trinajstić information content (AvgIpc) is 2.72. The molecule has 0 spiro atoms. The molecule has 0 bridgehead atoms. The summed E-state index contributed by atoms with van der Waals surface area (Å²) in [6.45, 7) is 3.80. The van der Waals surface area contributed by atoms with Crippen LogP contribution in [0.25, 0.3) is 0 Å². The van der Waals surface area contributed by atoms with E-state index in [-0.39, 0.29) is 29.9 Å². The van der Waals surface area contributed by atoms with E-state index >= 15 is 0 Å². The van der Waals surface area contributed by atoms with Gasteiger partial charge in [0.25, 0.3) is 0 Å². The predicted molar refractivity (Wildman–Crippen MR) is 129 cm³/mol. The molecule has 0 heterocycles. The molecule has 2 rings (SSSR count). The molecule has 0 aromatic heterocycles. The number of carbonyl (C=O) groups is 1. The summed E-state index contributed by atoms with van der Waals surface area (Å²) in [6.07, 6.45) is 6.85. The molecule has 1 aliphatic carbocycles. The van der Waals surface area contributed by atoms with Gasteiger partial charge in [0.05, 0.1) is 20.8 Å². The zero-order chi connectivity index (χ0) is 20.2. The largest absolute Gasteiger partial charge is 0.493 e. The van der Waals surface area contributed by atoms with Crippen molar-refractivity contribution >= 4 is 41.5 Å². The summed E-state index contributed by atoms with van der Waals surface area (Å²) < 4.78 is 10.6. The van der Waals surface area contributed by atoms with E-state index in [0.717, 1.165) is 12.2 Å². The summed E-state index contributed by atoms with van der Waals surface area (Å²) >= 11 is 0. The molecule has 164 valence electrons. The molecule has 1 saturated carbocycles. The quantitative estimate of drug-likeness (QED) is 0.201. The molecule has 1 amide bonds. The molecule has 0 radical (unpaired) electrons. The number of hydrogen-bond acceptors (Lipinski definition) is 4. The van der Waals surface area contributed by atoms with Crippen LogP contribution in [0.2, 0.25) is 0 Å². The lowest BCUT2D eigenvalue weighted by Gasteiger charge is -2.20. The van der Waals surface area contributed by atoms with Gasteiger partial charge in [-0.1, -0.05) is 19.3 Å². The van der Waals surface area contributed by atoms with Crippen molar-refractivity contribution in [3.05, 3.63) is 18.2 Å². The number of amides is 1. The van der Waals surface area contributed by atoms with E-state index in [0.29, 0.717) is 42.9 Å². The van der Waals surface area contributed by atoms with Crippen LogP contribution >= 0.6 is 24.0 Å². The van der Waals surface area contributed by atoms with Crippen molar-refractivity contribution in [2.24, 2.45) is 10.9 Å². The number of rotatable bonds is 9. The number of nitrogens with one attached hydrogen (secondary N) is 3. The van der Waals surface area contributed by atoms with Crippen LogP contribution in [0.4, 0.5) is 5.69 Å². The minimum absolute atomic E-state index is 0. The average molecular weight is 518 g/mol. The van der Waals surface area contributed by atoms with Crippen molar-refractivity contribution in [2.45, 2.75) is 45.4 Å². The van der Waals surface area contributed by atoms with Crippen LogP contribution in [-0.2, 0) is 4.79 Å². The van der Waals surface area contributed by atoms with Gasteiger partial charge in [0.1, 0.15) is 0 Å². The second kappa shape index (κ2) is 14.3. The number of ether oxygens (including phenoxy) is 2. The number of guanidine groups is 1. The topological polar surface area (TPSA) is 84.0 Å². The summed E-state index contributed by atoms with van der Waals surface area (Å²) in [6, 6.07) is 5.61. The van der Waals surface area contributed by atoms with Crippen molar-refractivity contribution in [2.75, 3.05) is 39.2 Å². The molecule has 0 aliphatic heterocycles. The number of anilines is 1. The SMILES string of the molecule is CCNC(=NCCNC(=O)CC1CCCCC1)Nc1ccc(OC)c(OC)c1.I. The Bertz CT molecular complexity index is 649. The Balaban J connectivity index is 0.00000420. The van der Waals surface area contributed by atoms with E-state index in [2.05, 4.69) is 20.9 Å². The number of benzene rings is 1. The lowest BCUT2D eigenvalue weighted by molar-refractivity contribution is -0.122. The van der Waals surface area contributed by atoms with Crippen molar-refractivity contribution < 1.29 is 14.3 Å². The number of aliphatic imine (C=N–C) groups is 1. The molecular weight excluding hydrogens is 483 g/mol. The van der Waals surface area contributed by atoms with Crippen LogP contribution in [0.5, 0.6) is 11.5 Å². The predicted octanol–water partition coefficient (Wildman–Crippen LogP) is 3.79. The van der Waals surface area contributed by atoms with Gasteiger partial charge in [-0.2, -0.15) is 0 Å². The van der Waals surface area contributed by atoms with E-state index in [1.165, 1.54) is 32.1 Å². The zero-order valence-electron chi connectivity index (χ0n) is 17.8. The molecule has 7 nitrogen and oxygen atoms in total. The summed E-state index contributed by atoms with van der Waals surface area (Å²) in [5.74, 6) is 2.69. The Morgan fingerprint density at radius 3 is 2.48 bits per heavy atom. The molecule has 0 atom stereocenters. The Kier molecular flexibility index (Phi) is 12.5. The first-order valence-electron chi connectivity index (χ1n) is 10.2. The van der Waals surface area contributed by atoms with Gasteiger partial charge in [-0.3, -0.25) is 9.79 Å². The number of halogens is 1. The molecule has 1 aromatic rings. The zero-order valence-corrected chi connectivity index (χ0v) is 20.1. The Morgan fingerprint density at radius 1 is 1.10 bits per heavy atom. The van der Waals surface area contributed by atoms with Gasteiger partial charge < -0.3 is 25.4 Å². The van der Waals surface area contributed by atoms with Gasteiger partial charge in [-0.15, -0.1) is 24.0 Å². The highest BCUT2D eigenvalue weighted by Gasteiger charge is 2.16. The Labute approximate surface area is 191 Å². The standard InChI is InChI=1S/C21H34N4O3.HI/c1-4-22-21(25-17-10-11-18(27-2)19(15-17)28-3)24-13-12-23-20(26)14-16-8-6-5-7-9-16;/h10-11,15-16H,4-9,12-14H2,1-3H3,(H,23,26)(H2,22,24,25);1H. The molecule has 1 aromatic carbocycles. The summed E-state index contributed by atoms with van der Waals surface area (Å²) in [5, 5.41) is 9.44. The normalized spacial score (nSPS) is 14.5. The van der Waals surface area contributed by atoms with E-state index < -0.39 is 0 Å². The fourth-order valence-corrected chi connectivity index (χ4v) is 3.45. The fraction of sp³-hybridized carbons (Fsp3) is 0.619. The summed E-state index contributed by atoms with van der Waals surface area (Å²) in [5.41, 5.74) is 0.846. The first-order chi connectivity index (χ1) is 13.7. The Morgan fingerprint density at radius 2 is 1.83 bits per heavy atom. The van der Waals surface area contributed by atoms with Gasteiger partial charge in [0.15, 0.2) is 17.5 Å². The van der Waals surface area contributed by atoms with Crippen LogP contribution in [0.3, 0.4) is 0 Å². The van der Waals surface area contributed by atoms with Crippen molar-refractivity contribution in [1.82, 2.24) is 10.6 Å². The molecule has 0 unspecified atom stereocenters. The highest BCUT2D eigenvalue weighted by atomic mass is 127. The number of carbonyl (C=O) groups excluding carboxylic acids is 1. The molecule has 1 fully saturated rings.